The number of likely N-dealkylation sites (tertiary alicyclic amines) is 1. The van der Waals surface area contributed by atoms with Gasteiger partial charge in [0, 0.05) is 43.5 Å². The standard InChI is InChI=1S/C29H40FN3O4.H2/c30-21-8-9-26-25(16-21)29(19-33(26)27(34)20-4-3-5-20)11-13-32(14-12-29)23-7-2-1-6-22(17-23)31-28(35)37-24-10-15-36-18-24;/h8-9,16,20,22-24H,1-7,10-15,17-19H2,(H,31,35);1H/t22?,23?,24-;/m1./s1. The summed E-state index contributed by atoms with van der Waals surface area (Å²) in [5.74, 6) is 0.149. The topological polar surface area (TPSA) is 71.1 Å². The van der Waals surface area contributed by atoms with E-state index < -0.39 is 0 Å². The molecule has 204 valence electrons. The van der Waals surface area contributed by atoms with E-state index >= 15 is 0 Å². The summed E-state index contributed by atoms with van der Waals surface area (Å²) in [4.78, 5) is 30.3. The van der Waals surface area contributed by atoms with E-state index in [9.17, 15) is 14.0 Å². The smallest absolute Gasteiger partial charge is 0.407 e. The van der Waals surface area contributed by atoms with E-state index in [1.165, 1.54) is 6.07 Å². The van der Waals surface area contributed by atoms with Crippen LogP contribution in [0, 0.1) is 11.7 Å². The van der Waals surface area contributed by atoms with Crippen LogP contribution in [0.2, 0.25) is 0 Å². The summed E-state index contributed by atoms with van der Waals surface area (Å²) in [5, 5.41) is 3.13. The fraction of sp³-hybridized carbons (Fsp3) is 0.724. The van der Waals surface area contributed by atoms with Gasteiger partial charge in [0.05, 0.1) is 13.2 Å². The van der Waals surface area contributed by atoms with Gasteiger partial charge in [0.15, 0.2) is 0 Å². The van der Waals surface area contributed by atoms with E-state index in [4.69, 9.17) is 9.47 Å². The number of nitrogens with zero attached hydrogens (tertiary/aromatic N) is 2. The number of fused-ring (bicyclic) bond motifs is 2. The molecule has 7 nitrogen and oxygen atoms in total. The van der Waals surface area contributed by atoms with E-state index in [2.05, 4.69) is 10.2 Å². The number of hydrogen-bond donors (Lipinski definition) is 1. The molecule has 2 aliphatic carbocycles. The van der Waals surface area contributed by atoms with E-state index in [1.54, 1.807) is 6.07 Å². The van der Waals surface area contributed by atoms with Crippen LogP contribution in [0.1, 0.15) is 77.6 Å². The van der Waals surface area contributed by atoms with Gasteiger partial charge in [-0.05, 0) is 81.8 Å². The van der Waals surface area contributed by atoms with Crippen molar-refractivity contribution in [2.75, 3.05) is 37.7 Å². The Labute approximate surface area is 220 Å². The molecule has 37 heavy (non-hydrogen) atoms. The lowest BCUT2D eigenvalue weighted by molar-refractivity contribution is -0.124. The lowest BCUT2D eigenvalue weighted by Crippen LogP contribution is -2.51. The molecule has 2 amide bonds. The Hall–Kier alpha value is -2.19. The Morgan fingerprint density at radius 2 is 1.89 bits per heavy atom. The zero-order chi connectivity index (χ0) is 25.4. The summed E-state index contributed by atoms with van der Waals surface area (Å²) in [5.41, 5.74) is 1.79. The number of benzene rings is 1. The second-order valence-electron chi connectivity index (χ2n) is 11.9. The number of carbonyl (C=O) groups excluding carboxylic acids is 2. The third kappa shape index (κ3) is 5.11. The number of halogens is 1. The molecule has 6 rings (SSSR count). The summed E-state index contributed by atoms with van der Waals surface area (Å²) < 4.78 is 25.3. The average molecular weight is 516 g/mol. The van der Waals surface area contributed by atoms with Crippen molar-refractivity contribution in [3.05, 3.63) is 29.6 Å². The number of piperidine rings is 1. The van der Waals surface area contributed by atoms with Crippen LogP contribution in [0.3, 0.4) is 0 Å². The molecular formula is C29H42FN3O4. The van der Waals surface area contributed by atoms with Crippen LogP contribution in [-0.2, 0) is 19.7 Å². The first-order chi connectivity index (χ1) is 18.0. The van der Waals surface area contributed by atoms with E-state index in [1.807, 2.05) is 11.0 Å². The quantitative estimate of drug-likeness (QED) is 0.585. The van der Waals surface area contributed by atoms with Gasteiger partial charge in [0.25, 0.3) is 0 Å². The Morgan fingerprint density at radius 3 is 2.62 bits per heavy atom. The maximum atomic E-state index is 14.4. The fourth-order valence-electron chi connectivity index (χ4n) is 7.21. The predicted molar refractivity (Wildman–Crippen MR) is 140 cm³/mol. The van der Waals surface area contributed by atoms with Gasteiger partial charge in [-0.2, -0.15) is 0 Å². The molecular weight excluding hydrogens is 473 g/mol. The summed E-state index contributed by atoms with van der Waals surface area (Å²) in [6.07, 6.45) is 10.6. The van der Waals surface area contributed by atoms with Crippen molar-refractivity contribution in [3.8, 4) is 0 Å². The highest BCUT2D eigenvalue weighted by molar-refractivity contribution is 5.98. The lowest BCUT2D eigenvalue weighted by Gasteiger charge is -2.43. The van der Waals surface area contributed by atoms with Crippen molar-refractivity contribution in [1.29, 1.82) is 0 Å². The first-order valence-corrected chi connectivity index (χ1v) is 14.4. The molecule has 5 aliphatic rings. The first-order valence-electron chi connectivity index (χ1n) is 14.4. The van der Waals surface area contributed by atoms with Gasteiger partial charge < -0.3 is 24.6 Å². The molecule has 2 saturated heterocycles. The third-order valence-electron chi connectivity index (χ3n) is 9.65. The number of carbonyl (C=O) groups is 2. The van der Waals surface area contributed by atoms with Crippen molar-refractivity contribution < 1.29 is 24.9 Å². The molecule has 8 heteroatoms. The van der Waals surface area contributed by atoms with Crippen molar-refractivity contribution in [2.45, 2.75) is 94.2 Å². The number of amides is 2. The van der Waals surface area contributed by atoms with Crippen LogP contribution >= 0.6 is 0 Å². The summed E-state index contributed by atoms with van der Waals surface area (Å²) in [6.45, 7) is 3.70. The van der Waals surface area contributed by atoms with Gasteiger partial charge in [0.1, 0.15) is 11.9 Å². The highest BCUT2D eigenvalue weighted by Gasteiger charge is 2.48. The third-order valence-corrected chi connectivity index (χ3v) is 9.65. The summed E-state index contributed by atoms with van der Waals surface area (Å²) >= 11 is 0. The first kappa shape index (κ1) is 25.1. The molecule has 2 saturated carbocycles. The largest absolute Gasteiger partial charge is 0.444 e. The van der Waals surface area contributed by atoms with Gasteiger partial charge in [-0.3, -0.25) is 4.79 Å². The van der Waals surface area contributed by atoms with E-state index in [0.717, 1.165) is 95.0 Å². The zero-order valence-electron chi connectivity index (χ0n) is 21.8. The molecule has 0 aromatic heterocycles. The Kier molecular flexibility index (Phi) is 7.14. The summed E-state index contributed by atoms with van der Waals surface area (Å²) in [6, 6.07) is 5.54. The van der Waals surface area contributed by atoms with Crippen LogP contribution in [0.15, 0.2) is 18.2 Å². The second-order valence-corrected chi connectivity index (χ2v) is 11.9. The maximum absolute atomic E-state index is 14.4. The number of ether oxygens (including phenoxy) is 2. The SMILES string of the molecule is O=C(NC1CCCCC(N2CCC3(CC2)CN(C(=O)C2CCC2)c2ccc(F)cc23)C1)O[C@@H]1CCOC1.[HH]. The van der Waals surface area contributed by atoms with Crippen molar-refractivity contribution >= 4 is 17.7 Å². The fourth-order valence-corrected chi connectivity index (χ4v) is 7.21. The zero-order valence-corrected chi connectivity index (χ0v) is 21.8. The van der Waals surface area contributed by atoms with Crippen LogP contribution in [0.5, 0.6) is 0 Å². The molecule has 3 aliphatic heterocycles. The molecule has 1 spiro atoms. The molecule has 3 heterocycles. The molecule has 1 aromatic carbocycles. The second kappa shape index (κ2) is 10.5. The van der Waals surface area contributed by atoms with Gasteiger partial charge in [0.2, 0.25) is 5.91 Å². The van der Waals surface area contributed by atoms with E-state index in [0.29, 0.717) is 25.8 Å². The molecule has 2 unspecified atom stereocenters. The number of nitrogens with one attached hydrogen (secondary N) is 1. The minimum Gasteiger partial charge on any atom is -0.444 e. The lowest BCUT2D eigenvalue weighted by atomic mass is 9.73. The van der Waals surface area contributed by atoms with E-state index in [-0.39, 0.29) is 42.7 Å². The molecule has 1 N–H and O–H groups in total. The van der Waals surface area contributed by atoms with Crippen LogP contribution < -0.4 is 10.2 Å². The van der Waals surface area contributed by atoms with Crippen molar-refractivity contribution in [2.24, 2.45) is 5.92 Å². The number of anilines is 1. The van der Waals surface area contributed by atoms with Gasteiger partial charge in [-0.15, -0.1) is 0 Å². The predicted octanol–water partition coefficient (Wildman–Crippen LogP) is 4.77. The van der Waals surface area contributed by atoms with Crippen LogP contribution in [0.25, 0.3) is 0 Å². The van der Waals surface area contributed by atoms with Gasteiger partial charge >= 0.3 is 6.09 Å². The monoisotopic (exact) mass is 515 g/mol. The minimum atomic E-state index is -0.320. The van der Waals surface area contributed by atoms with Gasteiger partial charge in [-0.25, -0.2) is 9.18 Å². The molecule has 0 radical (unpaired) electrons. The highest BCUT2D eigenvalue weighted by Crippen LogP contribution is 2.49. The maximum Gasteiger partial charge on any atom is 0.407 e. The molecule has 3 atom stereocenters. The molecule has 1 aromatic rings. The number of alkyl carbamates (subject to hydrolysis) is 1. The number of hydrogen-bond acceptors (Lipinski definition) is 5. The Morgan fingerprint density at radius 1 is 1.08 bits per heavy atom. The van der Waals surface area contributed by atoms with Crippen LogP contribution in [-0.4, -0.2) is 67.9 Å². The Balaban J connectivity index is 0.00000294. The average Bonchev–Trinajstić information content (AvgIpc) is 3.39. The molecule has 0 bridgehead atoms. The Bertz CT molecular complexity index is 1010. The minimum absolute atomic E-state index is 0. The van der Waals surface area contributed by atoms with Crippen LogP contribution in [0.4, 0.5) is 14.9 Å². The van der Waals surface area contributed by atoms with Crippen molar-refractivity contribution in [3.63, 3.8) is 0 Å². The highest BCUT2D eigenvalue weighted by atomic mass is 19.1. The van der Waals surface area contributed by atoms with Crippen molar-refractivity contribution in [1.82, 2.24) is 10.2 Å². The summed E-state index contributed by atoms with van der Waals surface area (Å²) in [7, 11) is 0. The normalized spacial score (nSPS) is 30.0. The molecule has 4 fully saturated rings. The van der Waals surface area contributed by atoms with Gasteiger partial charge in [-0.1, -0.05) is 19.3 Å². The number of rotatable bonds is 4.